The third-order valence-corrected chi connectivity index (χ3v) is 3.04. The van der Waals surface area contributed by atoms with Crippen molar-refractivity contribution in [3.8, 4) is 5.75 Å². The van der Waals surface area contributed by atoms with Crippen molar-refractivity contribution in [2.24, 2.45) is 0 Å². The van der Waals surface area contributed by atoms with Gasteiger partial charge >= 0.3 is 6.61 Å². The van der Waals surface area contributed by atoms with Crippen LogP contribution in [0.3, 0.4) is 0 Å². The summed E-state index contributed by atoms with van der Waals surface area (Å²) in [4.78, 5) is 11.6. The Bertz CT molecular complexity index is 508. The van der Waals surface area contributed by atoms with E-state index in [2.05, 4.69) is 15.4 Å². The lowest BCUT2D eigenvalue weighted by atomic mass is 10.2. The van der Waals surface area contributed by atoms with Gasteiger partial charge in [-0.1, -0.05) is 23.2 Å². The number of carbonyl (C=O) groups is 1. The van der Waals surface area contributed by atoms with Gasteiger partial charge in [0.05, 0.1) is 18.2 Å². The van der Waals surface area contributed by atoms with Crippen LogP contribution in [0.5, 0.6) is 5.75 Å². The summed E-state index contributed by atoms with van der Waals surface area (Å²) in [6.07, 6.45) is 0. The Morgan fingerprint density at radius 1 is 1.35 bits per heavy atom. The molecule has 0 unspecified atom stereocenters. The summed E-state index contributed by atoms with van der Waals surface area (Å²) in [5.74, 6) is -0.510. The van der Waals surface area contributed by atoms with E-state index < -0.39 is 6.61 Å². The molecule has 0 saturated heterocycles. The molecule has 5 nitrogen and oxygen atoms in total. The molecule has 0 aliphatic heterocycles. The van der Waals surface area contributed by atoms with Gasteiger partial charge in [0.2, 0.25) is 5.91 Å². The maximum atomic E-state index is 12.4. The number of hydrogen-bond acceptors (Lipinski definition) is 4. The molecule has 1 aromatic carbocycles. The lowest BCUT2D eigenvalue weighted by molar-refractivity contribution is -0.120. The SMILES string of the molecule is COCCNCC(=O)NCc1cc(Cl)cc(Cl)c1OC(F)F.Cl. The van der Waals surface area contributed by atoms with E-state index in [4.69, 9.17) is 27.9 Å². The molecular weight excluding hydrogens is 377 g/mol. The minimum atomic E-state index is -3.02. The summed E-state index contributed by atoms with van der Waals surface area (Å²) >= 11 is 11.7. The van der Waals surface area contributed by atoms with Gasteiger partial charge < -0.3 is 20.1 Å². The molecule has 0 atom stereocenters. The standard InChI is InChI=1S/C13H16Cl2F2N2O3.ClH/c1-21-3-2-18-7-11(20)19-6-8-4-9(14)5-10(15)12(8)22-13(16)17;/h4-5,13,18H,2-3,6-7H2,1H3,(H,19,20);1H. The molecule has 0 bridgehead atoms. The zero-order chi connectivity index (χ0) is 16.5. The minimum Gasteiger partial charge on any atom is -0.433 e. The van der Waals surface area contributed by atoms with Gasteiger partial charge in [-0.25, -0.2) is 0 Å². The molecule has 23 heavy (non-hydrogen) atoms. The van der Waals surface area contributed by atoms with Gasteiger partial charge in [-0.3, -0.25) is 4.79 Å². The first kappa shape index (κ1) is 22.1. The van der Waals surface area contributed by atoms with Gasteiger partial charge in [-0.05, 0) is 12.1 Å². The molecule has 1 amide bonds. The number of rotatable bonds is 9. The van der Waals surface area contributed by atoms with Crippen LogP contribution in [-0.2, 0) is 16.1 Å². The number of hydrogen-bond donors (Lipinski definition) is 2. The zero-order valence-corrected chi connectivity index (χ0v) is 14.5. The Kier molecular flexibility index (Phi) is 11.2. The van der Waals surface area contributed by atoms with E-state index in [-0.39, 0.29) is 52.8 Å². The summed E-state index contributed by atoms with van der Waals surface area (Å²) in [6.45, 7) is -1.99. The summed E-state index contributed by atoms with van der Waals surface area (Å²) in [5.41, 5.74) is 0.267. The minimum absolute atomic E-state index is 0. The van der Waals surface area contributed by atoms with Crippen molar-refractivity contribution in [1.82, 2.24) is 10.6 Å². The third kappa shape index (κ3) is 8.53. The highest BCUT2D eigenvalue weighted by Crippen LogP contribution is 2.33. The summed E-state index contributed by atoms with van der Waals surface area (Å²) in [5, 5.41) is 5.62. The monoisotopic (exact) mass is 392 g/mol. The second-order valence-electron chi connectivity index (χ2n) is 4.20. The molecule has 0 aromatic heterocycles. The van der Waals surface area contributed by atoms with Crippen LogP contribution in [0.25, 0.3) is 0 Å². The quantitative estimate of drug-likeness (QED) is 0.634. The molecule has 1 rings (SSSR count). The van der Waals surface area contributed by atoms with Crippen LogP contribution in [-0.4, -0.2) is 39.3 Å². The predicted octanol–water partition coefficient (Wildman–Crippen LogP) is 2.87. The Morgan fingerprint density at radius 3 is 2.65 bits per heavy atom. The molecule has 0 aliphatic rings. The van der Waals surface area contributed by atoms with Gasteiger partial charge in [0.1, 0.15) is 5.75 Å². The number of nitrogens with one attached hydrogen (secondary N) is 2. The second-order valence-corrected chi connectivity index (χ2v) is 5.04. The fourth-order valence-corrected chi connectivity index (χ4v) is 2.18. The maximum absolute atomic E-state index is 12.4. The van der Waals surface area contributed by atoms with Crippen LogP contribution in [0.15, 0.2) is 12.1 Å². The molecule has 0 aliphatic carbocycles. The first-order chi connectivity index (χ1) is 10.4. The van der Waals surface area contributed by atoms with E-state index >= 15 is 0 Å². The third-order valence-electron chi connectivity index (χ3n) is 2.54. The number of benzene rings is 1. The van der Waals surface area contributed by atoms with Gasteiger partial charge in [0.25, 0.3) is 0 Å². The molecule has 0 heterocycles. The molecule has 2 N–H and O–H groups in total. The predicted molar refractivity (Wildman–Crippen MR) is 86.9 cm³/mol. The topological polar surface area (TPSA) is 59.6 Å². The number of alkyl halides is 2. The highest BCUT2D eigenvalue weighted by Gasteiger charge is 2.15. The van der Waals surface area contributed by atoms with Gasteiger partial charge in [-0.15, -0.1) is 12.4 Å². The molecule has 0 spiro atoms. The average Bonchev–Trinajstić information content (AvgIpc) is 2.44. The molecule has 132 valence electrons. The van der Waals surface area contributed by atoms with Gasteiger partial charge in [0, 0.05) is 30.8 Å². The normalized spacial score (nSPS) is 10.3. The number of halogens is 5. The number of carbonyl (C=O) groups excluding carboxylic acids is 1. The van der Waals surface area contributed by atoms with E-state index in [1.807, 2.05) is 0 Å². The van der Waals surface area contributed by atoms with Crippen molar-refractivity contribution in [2.75, 3.05) is 26.8 Å². The molecule has 10 heteroatoms. The number of methoxy groups -OCH3 is 1. The second kappa shape index (κ2) is 11.6. The summed E-state index contributed by atoms with van der Waals surface area (Å²) < 4.78 is 34.0. The fourth-order valence-electron chi connectivity index (χ4n) is 1.60. The van der Waals surface area contributed by atoms with Crippen LogP contribution in [0.1, 0.15) is 5.56 Å². The van der Waals surface area contributed by atoms with Gasteiger partial charge in [0.15, 0.2) is 0 Å². The smallest absolute Gasteiger partial charge is 0.387 e. The summed E-state index contributed by atoms with van der Waals surface area (Å²) in [6, 6.07) is 2.70. The zero-order valence-electron chi connectivity index (χ0n) is 12.2. The fraction of sp³-hybridized carbons (Fsp3) is 0.462. The van der Waals surface area contributed by atoms with E-state index in [0.717, 1.165) is 0 Å². The van der Waals surface area contributed by atoms with Crippen LogP contribution in [0.4, 0.5) is 8.78 Å². The van der Waals surface area contributed by atoms with E-state index in [1.165, 1.54) is 12.1 Å². The largest absolute Gasteiger partial charge is 0.433 e. The van der Waals surface area contributed by atoms with Crippen LogP contribution in [0, 0.1) is 0 Å². The first-order valence-electron chi connectivity index (χ1n) is 6.33. The van der Waals surface area contributed by atoms with Crippen molar-refractivity contribution in [1.29, 1.82) is 0 Å². The lowest BCUT2D eigenvalue weighted by Crippen LogP contribution is -2.34. The molecule has 0 radical (unpaired) electrons. The van der Waals surface area contributed by atoms with Crippen molar-refractivity contribution < 1.29 is 23.0 Å². The first-order valence-corrected chi connectivity index (χ1v) is 7.08. The number of amides is 1. The maximum Gasteiger partial charge on any atom is 0.387 e. The molecule has 1 aromatic rings. The number of ether oxygens (including phenoxy) is 2. The molecule has 0 saturated carbocycles. The van der Waals surface area contributed by atoms with E-state index in [9.17, 15) is 13.6 Å². The Morgan fingerprint density at radius 2 is 2.04 bits per heavy atom. The Hall–Kier alpha value is -0.860. The highest BCUT2D eigenvalue weighted by molar-refractivity contribution is 6.35. The molecule has 0 fully saturated rings. The van der Waals surface area contributed by atoms with Crippen molar-refractivity contribution >= 4 is 41.5 Å². The van der Waals surface area contributed by atoms with Crippen molar-refractivity contribution in [3.63, 3.8) is 0 Å². The van der Waals surface area contributed by atoms with E-state index in [0.29, 0.717) is 13.2 Å². The van der Waals surface area contributed by atoms with E-state index in [1.54, 1.807) is 7.11 Å². The Labute approximate surface area is 149 Å². The van der Waals surface area contributed by atoms with Crippen LogP contribution < -0.4 is 15.4 Å². The lowest BCUT2D eigenvalue weighted by Gasteiger charge is -2.14. The average molecular weight is 394 g/mol. The van der Waals surface area contributed by atoms with Crippen LogP contribution in [0.2, 0.25) is 10.0 Å². The van der Waals surface area contributed by atoms with Crippen LogP contribution >= 0.6 is 35.6 Å². The molecular formula is C13H17Cl3F2N2O3. The summed E-state index contributed by atoms with van der Waals surface area (Å²) in [7, 11) is 1.55. The highest BCUT2D eigenvalue weighted by atomic mass is 35.5. The van der Waals surface area contributed by atoms with Crippen molar-refractivity contribution in [2.45, 2.75) is 13.2 Å². The Balaban J connectivity index is 0.00000484. The van der Waals surface area contributed by atoms with Gasteiger partial charge in [-0.2, -0.15) is 8.78 Å². The van der Waals surface area contributed by atoms with Crippen molar-refractivity contribution in [3.05, 3.63) is 27.7 Å².